The first kappa shape index (κ1) is 19.0. The van der Waals surface area contributed by atoms with Crippen molar-refractivity contribution in [3.63, 3.8) is 0 Å². The Morgan fingerprint density at radius 1 is 1.36 bits per heavy atom. The number of rotatable bonds is 6. The molecule has 1 heterocycles. The molecule has 25 heavy (non-hydrogen) atoms. The van der Waals surface area contributed by atoms with E-state index in [1.54, 1.807) is 39.0 Å². The van der Waals surface area contributed by atoms with Gasteiger partial charge in [0.15, 0.2) is 0 Å². The Morgan fingerprint density at radius 3 is 2.56 bits per heavy atom. The lowest BCUT2D eigenvalue weighted by Gasteiger charge is -2.19. The summed E-state index contributed by atoms with van der Waals surface area (Å²) in [5.41, 5.74) is 1.23. The minimum absolute atomic E-state index is 0.180. The van der Waals surface area contributed by atoms with Gasteiger partial charge in [-0.25, -0.2) is 8.42 Å². The number of carbonyl (C=O) groups is 2. The van der Waals surface area contributed by atoms with Gasteiger partial charge in [-0.05, 0) is 44.5 Å². The second-order valence-corrected chi connectivity index (χ2v) is 8.36. The standard InChI is InChI=1S/C17H22N2O5S/c1-11(2)10-25(22,23)18-12-6-7-14-13(8-12)17(3,4)16(21)19(14)9-15(20)24-5/h6-8,18H,1,9-10H2,2-5H3. The summed E-state index contributed by atoms with van der Waals surface area (Å²) in [6.07, 6.45) is 0. The van der Waals surface area contributed by atoms with Crippen LogP contribution in [0, 0.1) is 0 Å². The Labute approximate surface area is 147 Å². The van der Waals surface area contributed by atoms with E-state index in [9.17, 15) is 18.0 Å². The molecule has 1 aliphatic rings. The van der Waals surface area contributed by atoms with Crippen LogP contribution in [0.25, 0.3) is 0 Å². The molecule has 0 aromatic heterocycles. The maximum atomic E-state index is 12.6. The molecule has 0 radical (unpaired) electrons. The predicted octanol–water partition coefficient (Wildman–Crippen LogP) is 1.80. The van der Waals surface area contributed by atoms with Crippen LogP contribution in [0.3, 0.4) is 0 Å². The molecule has 2 rings (SSSR count). The van der Waals surface area contributed by atoms with Gasteiger partial charge in [0, 0.05) is 11.4 Å². The van der Waals surface area contributed by atoms with Crippen molar-refractivity contribution >= 4 is 33.3 Å². The number of nitrogens with zero attached hydrogens (tertiary/aromatic N) is 1. The molecule has 0 aliphatic carbocycles. The fraction of sp³-hybridized carbons (Fsp3) is 0.412. The number of benzene rings is 1. The largest absolute Gasteiger partial charge is 0.468 e. The summed E-state index contributed by atoms with van der Waals surface area (Å²) in [6, 6.07) is 4.82. The van der Waals surface area contributed by atoms with Crippen LogP contribution in [-0.2, 0) is 29.8 Å². The third kappa shape index (κ3) is 3.84. The molecular formula is C17H22N2O5S. The molecule has 0 spiro atoms. The molecule has 0 bridgehead atoms. The summed E-state index contributed by atoms with van der Waals surface area (Å²) < 4.78 is 31.3. The van der Waals surface area contributed by atoms with Crippen LogP contribution in [0.4, 0.5) is 11.4 Å². The number of methoxy groups -OCH3 is 1. The maximum Gasteiger partial charge on any atom is 0.325 e. The first-order valence-corrected chi connectivity index (χ1v) is 9.31. The maximum absolute atomic E-state index is 12.6. The quantitative estimate of drug-likeness (QED) is 0.612. The Bertz CT molecular complexity index is 843. The Morgan fingerprint density at radius 2 is 2.00 bits per heavy atom. The number of nitrogens with one attached hydrogen (secondary N) is 1. The van der Waals surface area contributed by atoms with E-state index in [2.05, 4.69) is 16.0 Å². The van der Waals surface area contributed by atoms with Crippen LogP contribution in [0.15, 0.2) is 30.4 Å². The molecular weight excluding hydrogens is 344 g/mol. The SMILES string of the molecule is C=C(C)CS(=O)(=O)Nc1ccc2c(c1)C(C)(C)C(=O)N2CC(=O)OC. The molecule has 0 saturated carbocycles. The molecule has 1 amide bonds. The smallest absolute Gasteiger partial charge is 0.325 e. The fourth-order valence-corrected chi connectivity index (χ4v) is 4.00. The van der Waals surface area contributed by atoms with E-state index in [-0.39, 0.29) is 18.2 Å². The van der Waals surface area contributed by atoms with Crippen LogP contribution in [0.5, 0.6) is 0 Å². The zero-order valence-corrected chi connectivity index (χ0v) is 15.6. The number of sulfonamides is 1. The zero-order valence-electron chi connectivity index (χ0n) is 14.8. The molecule has 8 heteroatoms. The van der Waals surface area contributed by atoms with E-state index < -0.39 is 21.4 Å². The van der Waals surface area contributed by atoms with E-state index in [4.69, 9.17) is 0 Å². The molecule has 0 atom stereocenters. The van der Waals surface area contributed by atoms with Gasteiger partial charge in [0.25, 0.3) is 0 Å². The Hall–Kier alpha value is -2.35. The van der Waals surface area contributed by atoms with Crippen molar-refractivity contribution in [2.24, 2.45) is 0 Å². The molecule has 0 fully saturated rings. The number of hydrogen-bond donors (Lipinski definition) is 1. The van der Waals surface area contributed by atoms with Gasteiger partial charge >= 0.3 is 5.97 Å². The number of esters is 1. The molecule has 0 unspecified atom stereocenters. The number of anilines is 2. The third-order valence-electron chi connectivity index (χ3n) is 3.97. The van der Waals surface area contributed by atoms with Gasteiger partial charge in [0.05, 0.1) is 18.3 Å². The van der Waals surface area contributed by atoms with Crippen molar-refractivity contribution in [3.05, 3.63) is 35.9 Å². The summed E-state index contributed by atoms with van der Waals surface area (Å²) in [5, 5.41) is 0. The van der Waals surface area contributed by atoms with Crippen molar-refractivity contribution in [3.8, 4) is 0 Å². The Balaban J connectivity index is 2.39. The van der Waals surface area contributed by atoms with Gasteiger partial charge in [-0.15, -0.1) is 0 Å². The molecule has 0 saturated heterocycles. The van der Waals surface area contributed by atoms with Crippen molar-refractivity contribution in [2.75, 3.05) is 29.0 Å². The van der Waals surface area contributed by atoms with Gasteiger partial charge in [0.1, 0.15) is 6.54 Å². The van der Waals surface area contributed by atoms with Crippen LogP contribution < -0.4 is 9.62 Å². The van der Waals surface area contributed by atoms with Crippen LogP contribution in [0.1, 0.15) is 26.3 Å². The summed E-state index contributed by atoms with van der Waals surface area (Å²) in [4.78, 5) is 25.6. The first-order chi connectivity index (χ1) is 11.5. The number of fused-ring (bicyclic) bond motifs is 1. The second-order valence-electron chi connectivity index (χ2n) is 6.64. The van der Waals surface area contributed by atoms with E-state index in [0.29, 0.717) is 22.5 Å². The van der Waals surface area contributed by atoms with E-state index in [1.807, 2.05) is 0 Å². The summed E-state index contributed by atoms with van der Waals surface area (Å²) in [6.45, 7) is 8.52. The van der Waals surface area contributed by atoms with E-state index in [0.717, 1.165) is 0 Å². The van der Waals surface area contributed by atoms with Gasteiger partial charge in [-0.3, -0.25) is 14.3 Å². The fourth-order valence-electron chi connectivity index (χ4n) is 2.79. The normalized spacial score (nSPS) is 15.7. The number of amides is 1. The molecule has 1 aliphatic heterocycles. The lowest BCUT2D eigenvalue weighted by atomic mass is 9.86. The van der Waals surface area contributed by atoms with Gasteiger partial charge in [-0.1, -0.05) is 12.2 Å². The van der Waals surface area contributed by atoms with Crippen LogP contribution >= 0.6 is 0 Å². The van der Waals surface area contributed by atoms with Gasteiger partial charge < -0.3 is 9.64 Å². The second kappa shape index (κ2) is 6.51. The number of hydrogen-bond acceptors (Lipinski definition) is 5. The van der Waals surface area contributed by atoms with Gasteiger partial charge in [0.2, 0.25) is 15.9 Å². The molecule has 1 aromatic carbocycles. The van der Waals surface area contributed by atoms with Crippen molar-refractivity contribution in [1.82, 2.24) is 0 Å². The van der Waals surface area contributed by atoms with Crippen LogP contribution in [0.2, 0.25) is 0 Å². The topological polar surface area (TPSA) is 92.8 Å². The molecule has 1 aromatic rings. The highest BCUT2D eigenvalue weighted by Gasteiger charge is 2.44. The number of carbonyl (C=O) groups excluding carboxylic acids is 2. The lowest BCUT2D eigenvalue weighted by molar-refractivity contribution is -0.140. The minimum atomic E-state index is -3.56. The average Bonchev–Trinajstić information content (AvgIpc) is 2.66. The average molecular weight is 366 g/mol. The van der Waals surface area contributed by atoms with Crippen LogP contribution in [-0.4, -0.2) is 39.7 Å². The van der Waals surface area contributed by atoms with E-state index >= 15 is 0 Å². The summed E-state index contributed by atoms with van der Waals surface area (Å²) >= 11 is 0. The van der Waals surface area contributed by atoms with Crippen molar-refractivity contribution in [2.45, 2.75) is 26.2 Å². The molecule has 7 nitrogen and oxygen atoms in total. The lowest BCUT2D eigenvalue weighted by Crippen LogP contribution is -2.39. The minimum Gasteiger partial charge on any atom is -0.468 e. The number of ether oxygens (including phenoxy) is 1. The third-order valence-corrected chi connectivity index (χ3v) is 5.38. The monoisotopic (exact) mass is 366 g/mol. The molecule has 136 valence electrons. The van der Waals surface area contributed by atoms with Gasteiger partial charge in [-0.2, -0.15) is 0 Å². The summed E-state index contributed by atoms with van der Waals surface area (Å²) in [5.74, 6) is -0.945. The predicted molar refractivity (Wildman–Crippen MR) is 96.1 cm³/mol. The summed E-state index contributed by atoms with van der Waals surface area (Å²) in [7, 11) is -2.30. The Kier molecular flexibility index (Phi) is 4.94. The van der Waals surface area contributed by atoms with Crippen molar-refractivity contribution in [1.29, 1.82) is 0 Å². The highest BCUT2D eigenvalue weighted by atomic mass is 32.2. The van der Waals surface area contributed by atoms with Crippen molar-refractivity contribution < 1.29 is 22.7 Å². The highest BCUT2D eigenvalue weighted by Crippen LogP contribution is 2.42. The first-order valence-electron chi connectivity index (χ1n) is 7.66. The highest BCUT2D eigenvalue weighted by molar-refractivity contribution is 7.92. The molecule has 1 N–H and O–H groups in total. The van der Waals surface area contributed by atoms with E-state index in [1.165, 1.54) is 12.0 Å². The zero-order chi connectivity index (χ0) is 19.0.